The number of rotatable bonds is 5. The van der Waals surface area contributed by atoms with Gasteiger partial charge in [-0.15, -0.1) is 0 Å². The van der Waals surface area contributed by atoms with E-state index in [4.69, 9.17) is 4.74 Å². The molecule has 1 atom stereocenters. The summed E-state index contributed by atoms with van der Waals surface area (Å²) in [4.78, 5) is 12.1. The Morgan fingerprint density at radius 2 is 2.06 bits per heavy atom. The fourth-order valence-corrected chi connectivity index (χ4v) is 1.94. The van der Waals surface area contributed by atoms with Gasteiger partial charge in [0.15, 0.2) is 0 Å². The molecule has 3 heteroatoms. The molecule has 0 bridgehead atoms. The molecule has 2 rings (SSSR count). The molecule has 0 spiro atoms. The largest absolute Gasteiger partial charge is 0.464 e. The number of carbonyl (C=O) groups is 1. The Kier molecular flexibility index (Phi) is 3.48. The predicted octanol–water partition coefficient (Wildman–Crippen LogP) is 2.22. The first-order chi connectivity index (χ1) is 8.16. The van der Waals surface area contributed by atoms with Gasteiger partial charge in [-0.25, -0.2) is 4.79 Å². The minimum absolute atomic E-state index is 0.196. The standard InChI is InChI=1S/C14H19NO2/c1-3-17-13(16)14(2,15-12-9-10-12)11-7-5-4-6-8-11/h4-8,12,15H,3,9-10H2,1-2H3. The smallest absolute Gasteiger partial charge is 0.330 e. The van der Waals surface area contributed by atoms with Crippen molar-refractivity contribution in [3.8, 4) is 0 Å². The Morgan fingerprint density at radius 1 is 1.41 bits per heavy atom. The summed E-state index contributed by atoms with van der Waals surface area (Å²) in [7, 11) is 0. The summed E-state index contributed by atoms with van der Waals surface area (Å²) in [5, 5.41) is 3.39. The van der Waals surface area contributed by atoms with E-state index in [-0.39, 0.29) is 5.97 Å². The van der Waals surface area contributed by atoms with Crippen LogP contribution in [0.4, 0.5) is 0 Å². The molecule has 0 aromatic heterocycles. The second-order valence-electron chi connectivity index (χ2n) is 4.63. The van der Waals surface area contributed by atoms with Gasteiger partial charge in [0.25, 0.3) is 0 Å². The Bertz CT molecular complexity index is 386. The summed E-state index contributed by atoms with van der Waals surface area (Å²) in [5.74, 6) is -0.196. The van der Waals surface area contributed by atoms with Crippen LogP contribution >= 0.6 is 0 Å². The van der Waals surface area contributed by atoms with Crippen LogP contribution in [-0.2, 0) is 15.1 Å². The lowest BCUT2D eigenvalue weighted by Crippen LogP contribution is -2.48. The highest BCUT2D eigenvalue weighted by atomic mass is 16.5. The van der Waals surface area contributed by atoms with Gasteiger partial charge in [0.2, 0.25) is 0 Å². The van der Waals surface area contributed by atoms with E-state index < -0.39 is 5.54 Å². The summed E-state index contributed by atoms with van der Waals surface area (Å²) in [5.41, 5.74) is 0.240. The second kappa shape index (κ2) is 4.88. The number of esters is 1. The first-order valence-corrected chi connectivity index (χ1v) is 6.17. The Labute approximate surface area is 102 Å². The monoisotopic (exact) mass is 233 g/mol. The lowest BCUT2D eigenvalue weighted by molar-refractivity contribution is -0.151. The molecule has 1 unspecified atom stereocenters. The van der Waals surface area contributed by atoms with Crippen LogP contribution in [0.1, 0.15) is 32.3 Å². The lowest BCUT2D eigenvalue weighted by atomic mass is 9.92. The third-order valence-corrected chi connectivity index (χ3v) is 3.10. The maximum atomic E-state index is 12.1. The van der Waals surface area contributed by atoms with Gasteiger partial charge in [0.1, 0.15) is 5.54 Å². The molecular formula is C14H19NO2. The summed E-state index contributed by atoms with van der Waals surface area (Å²) in [6.07, 6.45) is 2.28. The Balaban J connectivity index is 2.25. The molecule has 0 saturated heterocycles. The van der Waals surface area contributed by atoms with Gasteiger partial charge in [0, 0.05) is 6.04 Å². The van der Waals surface area contributed by atoms with Gasteiger partial charge in [-0.1, -0.05) is 30.3 Å². The molecule has 17 heavy (non-hydrogen) atoms. The molecule has 1 N–H and O–H groups in total. The SMILES string of the molecule is CCOC(=O)C(C)(NC1CC1)c1ccccc1. The predicted molar refractivity (Wildman–Crippen MR) is 66.6 cm³/mol. The number of carbonyl (C=O) groups excluding carboxylic acids is 1. The van der Waals surface area contributed by atoms with Crippen molar-refractivity contribution in [1.29, 1.82) is 0 Å². The number of hydrogen-bond donors (Lipinski definition) is 1. The fourth-order valence-electron chi connectivity index (χ4n) is 1.94. The molecule has 3 nitrogen and oxygen atoms in total. The van der Waals surface area contributed by atoms with Crippen LogP contribution in [0.3, 0.4) is 0 Å². The van der Waals surface area contributed by atoms with Crippen LogP contribution in [0.25, 0.3) is 0 Å². The molecule has 0 radical (unpaired) electrons. The highest BCUT2D eigenvalue weighted by Crippen LogP contribution is 2.29. The average molecular weight is 233 g/mol. The Morgan fingerprint density at radius 3 is 2.59 bits per heavy atom. The summed E-state index contributed by atoms with van der Waals surface area (Å²) < 4.78 is 5.19. The van der Waals surface area contributed by atoms with Crippen molar-refractivity contribution in [3.63, 3.8) is 0 Å². The molecule has 1 saturated carbocycles. The number of hydrogen-bond acceptors (Lipinski definition) is 3. The van der Waals surface area contributed by atoms with Gasteiger partial charge < -0.3 is 4.74 Å². The molecular weight excluding hydrogens is 214 g/mol. The van der Waals surface area contributed by atoms with Crippen molar-refractivity contribution in [3.05, 3.63) is 35.9 Å². The topological polar surface area (TPSA) is 38.3 Å². The second-order valence-corrected chi connectivity index (χ2v) is 4.63. The number of benzene rings is 1. The van der Waals surface area contributed by atoms with Gasteiger partial charge in [-0.05, 0) is 32.3 Å². The van der Waals surface area contributed by atoms with E-state index in [1.807, 2.05) is 44.2 Å². The van der Waals surface area contributed by atoms with Crippen molar-refractivity contribution in [2.24, 2.45) is 0 Å². The lowest BCUT2D eigenvalue weighted by Gasteiger charge is -2.29. The minimum atomic E-state index is -0.724. The molecule has 1 fully saturated rings. The minimum Gasteiger partial charge on any atom is -0.464 e. The fraction of sp³-hybridized carbons (Fsp3) is 0.500. The van der Waals surface area contributed by atoms with Crippen molar-refractivity contribution < 1.29 is 9.53 Å². The zero-order valence-corrected chi connectivity index (χ0v) is 10.4. The van der Waals surface area contributed by atoms with Crippen molar-refractivity contribution >= 4 is 5.97 Å². The van der Waals surface area contributed by atoms with Crippen molar-refractivity contribution in [2.45, 2.75) is 38.3 Å². The average Bonchev–Trinajstić information content (AvgIpc) is 3.14. The van der Waals surface area contributed by atoms with Crippen LogP contribution in [0, 0.1) is 0 Å². The van der Waals surface area contributed by atoms with Crippen LogP contribution < -0.4 is 5.32 Å². The molecule has 1 aliphatic carbocycles. The normalized spacial score (nSPS) is 18.5. The zero-order valence-electron chi connectivity index (χ0n) is 10.4. The highest BCUT2D eigenvalue weighted by molar-refractivity contribution is 5.82. The van der Waals surface area contributed by atoms with Crippen LogP contribution in [0.5, 0.6) is 0 Å². The molecule has 0 aliphatic heterocycles. The first-order valence-electron chi connectivity index (χ1n) is 6.17. The highest BCUT2D eigenvalue weighted by Gasteiger charge is 2.40. The number of ether oxygens (including phenoxy) is 1. The maximum absolute atomic E-state index is 12.1. The quantitative estimate of drug-likeness (QED) is 0.792. The maximum Gasteiger partial charge on any atom is 0.330 e. The zero-order chi connectivity index (χ0) is 12.3. The van der Waals surface area contributed by atoms with E-state index in [0.29, 0.717) is 12.6 Å². The van der Waals surface area contributed by atoms with Crippen LogP contribution in [0.2, 0.25) is 0 Å². The van der Waals surface area contributed by atoms with E-state index in [1.165, 1.54) is 0 Å². The molecule has 0 amide bonds. The Hall–Kier alpha value is -1.35. The molecule has 1 aromatic carbocycles. The first kappa shape index (κ1) is 12.1. The molecule has 1 aromatic rings. The van der Waals surface area contributed by atoms with Crippen LogP contribution in [0.15, 0.2) is 30.3 Å². The van der Waals surface area contributed by atoms with Gasteiger partial charge >= 0.3 is 5.97 Å². The summed E-state index contributed by atoms with van der Waals surface area (Å²) in [6.45, 7) is 4.15. The molecule has 92 valence electrons. The van der Waals surface area contributed by atoms with Gasteiger partial charge in [-0.2, -0.15) is 0 Å². The van der Waals surface area contributed by atoms with Crippen molar-refractivity contribution in [2.75, 3.05) is 6.61 Å². The van der Waals surface area contributed by atoms with Gasteiger partial charge in [0.05, 0.1) is 6.61 Å². The molecule has 1 aliphatic rings. The summed E-state index contributed by atoms with van der Waals surface area (Å²) >= 11 is 0. The van der Waals surface area contributed by atoms with E-state index in [1.54, 1.807) is 0 Å². The third-order valence-electron chi connectivity index (χ3n) is 3.10. The molecule has 0 heterocycles. The summed E-state index contributed by atoms with van der Waals surface area (Å²) in [6, 6.07) is 10.2. The number of nitrogens with one attached hydrogen (secondary N) is 1. The van der Waals surface area contributed by atoms with Crippen LogP contribution in [-0.4, -0.2) is 18.6 Å². The van der Waals surface area contributed by atoms with Crippen molar-refractivity contribution in [1.82, 2.24) is 5.32 Å². The van der Waals surface area contributed by atoms with Gasteiger partial charge in [-0.3, -0.25) is 5.32 Å². The van der Waals surface area contributed by atoms with E-state index in [0.717, 1.165) is 18.4 Å². The van der Waals surface area contributed by atoms with E-state index in [2.05, 4.69) is 5.32 Å². The van der Waals surface area contributed by atoms with E-state index in [9.17, 15) is 4.79 Å². The van der Waals surface area contributed by atoms with E-state index >= 15 is 0 Å². The third kappa shape index (κ3) is 2.67.